The Hall–Kier alpha value is -8.78. The number of amides is 5. The summed E-state index contributed by atoms with van der Waals surface area (Å²) in [5.41, 5.74) is 6.77. The number of aromatic nitrogens is 3. The Labute approximate surface area is 624 Å². The van der Waals surface area contributed by atoms with Gasteiger partial charge in [-0.05, 0) is 157 Å². The number of benzene rings is 5. The quantitative estimate of drug-likeness (QED) is 0.0337. The van der Waals surface area contributed by atoms with Crippen LogP contribution < -0.4 is 46.4 Å². The number of nitrogens with zero attached hydrogens (tertiary/aromatic N) is 6. The molecule has 105 heavy (non-hydrogen) atoms. The number of halogens is 1. The molecule has 0 saturated carbocycles. The molecule has 1 aliphatic rings. The number of carboxylic acids is 1. The summed E-state index contributed by atoms with van der Waals surface area (Å²) in [7, 11) is -0.744. The molecule has 5 amide bonds. The third-order valence-corrected chi connectivity index (χ3v) is 18.6. The van der Waals surface area contributed by atoms with E-state index in [4.69, 9.17) is 27.9 Å². The van der Waals surface area contributed by atoms with Crippen molar-refractivity contribution in [2.45, 2.75) is 195 Å². The number of carbonyl (C=O) groups excluding carboxylic acids is 7. The van der Waals surface area contributed by atoms with Crippen LogP contribution in [0.4, 0.5) is 4.79 Å². The molecule has 1 aliphatic heterocycles. The van der Waals surface area contributed by atoms with E-state index in [9.17, 15) is 48.0 Å². The van der Waals surface area contributed by atoms with Gasteiger partial charge >= 0.3 is 19.5 Å². The van der Waals surface area contributed by atoms with Crippen LogP contribution in [0.15, 0.2) is 138 Å². The Bertz CT molecular complexity index is 3800. The van der Waals surface area contributed by atoms with Crippen molar-refractivity contribution < 1.29 is 76.8 Å². The highest BCUT2D eigenvalue weighted by molar-refractivity contribution is 7.48. The number of para-hydroxylation sites is 2. The van der Waals surface area contributed by atoms with E-state index in [2.05, 4.69) is 32.0 Å². The van der Waals surface area contributed by atoms with Crippen molar-refractivity contribution in [3.8, 4) is 11.5 Å². The predicted octanol–water partition coefficient (Wildman–Crippen LogP) is 8.12. The summed E-state index contributed by atoms with van der Waals surface area (Å²) < 4.78 is 45.3. The lowest BCUT2D eigenvalue weighted by Crippen LogP contribution is -2.56. The van der Waals surface area contributed by atoms with Crippen LogP contribution in [0.2, 0.25) is 0 Å². The lowest BCUT2D eigenvalue weighted by atomic mass is 9.92. The van der Waals surface area contributed by atoms with Gasteiger partial charge < -0.3 is 55.6 Å². The molecule has 0 fully saturated rings. The molecule has 0 unspecified atom stereocenters. The smallest absolute Gasteiger partial charge is 0.550 e. The van der Waals surface area contributed by atoms with Gasteiger partial charge in [0.1, 0.15) is 53.0 Å². The van der Waals surface area contributed by atoms with Gasteiger partial charge in [0.05, 0.1) is 43.8 Å². The highest BCUT2D eigenvalue weighted by Crippen LogP contribution is 2.45. The first-order valence-corrected chi connectivity index (χ1v) is 37.4. The molecule has 26 nitrogen and oxygen atoms in total. The fourth-order valence-electron chi connectivity index (χ4n) is 11.3. The molecule has 0 saturated heterocycles. The Morgan fingerprint density at radius 1 is 0.810 bits per heavy atom. The number of hydrogen-bond acceptors (Lipinski definition) is 19. The zero-order chi connectivity index (χ0) is 76.5. The molecule has 6 N–H and O–H groups in total. The first-order valence-electron chi connectivity index (χ1n) is 36.0. The van der Waals surface area contributed by atoms with Crippen molar-refractivity contribution in [3.63, 3.8) is 0 Å². The molecule has 0 radical (unpaired) electrons. The van der Waals surface area contributed by atoms with Crippen LogP contribution in [-0.4, -0.2) is 173 Å². The average molecular weight is 1500 g/mol. The van der Waals surface area contributed by atoms with Gasteiger partial charge in [0.15, 0.2) is 5.78 Å². The van der Waals surface area contributed by atoms with Crippen LogP contribution in [-0.2, 0) is 72.8 Å². The first kappa shape index (κ1) is 88.6. The minimum absolute atomic E-state index is 0. The number of aryl methyl sites for hydroxylation is 2. The zero-order valence-electron chi connectivity index (χ0n) is 63.1. The zero-order valence-corrected chi connectivity index (χ0v) is 64.8. The number of nitrogens with one attached hydrogen (secondary N) is 3. The number of quaternary nitrogens is 1. The number of carboxylic acid groups (broad SMARTS) is 1. The van der Waals surface area contributed by atoms with E-state index in [0.717, 1.165) is 66.7 Å². The van der Waals surface area contributed by atoms with Crippen LogP contribution in [0.3, 0.4) is 0 Å². The van der Waals surface area contributed by atoms with Crippen LogP contribution in [0, 0.1) is 5.92 Å². The third-order valence-electron chi connectivity index (χ3n) is 17.1. The number of aliphatic carboxylic acids is 1. The van der Waals surface area contributed by atoms with E-state index in [0.29, 0.717) is 60.3 Å². The minimum atomic E-state index is -3.89. The van der Waals surface area contributed by atoms with Gasteiger partial charge in [-0.3, -0.25) is 47.3 Å². The van der Waals surface area contributed by atoms with E-state index >= 15 is 0 Å². The Kier molecular flexibility index (Phi) is 37.9. The lowest BCUT2D eigenvalue weighted by molar-refractivity contribution is -0.368. The molecular formula is C77H110ClN10O16P. The highest BCUT2D eigenvalue weighted by atomic mass is 35.5. The number of phosphoric ester groups is 1. The van der Waals surface area contributed by atoms with Gasteiger partial charge in [-0.2, -0.15) is 0 Å². The van der Waals surface area contributed by atoms with Crippen LogP contribution >= 0.6 is 20.2 Å². The second kappa shape index (κ2) is 44.9. The van der Waals surface area contributed by atoms with Gasteiger partial charge in [0, 0.05) is 58.3 Å². The molecule has 5 aromatic carbocycles. The van der Waals surface area contributed by atoms with Gasteiger partial charge in [-0.1, -0.05) is 136 Å². The number of hydrogen-bond donors (Lipinski definition) is 4. The van der Waals surface area contributed by atoms with Gasteiger partial charge in [-0.25, -0.2) is 9.36 Å². The van der Waals surface area contributed by atoms with Crippen molar-refractivity contribution in [2.24, 2.45) is 5.92 Å². The summed E-state index contributed by atoms with van der Waals surface area (Å²) in [6.07, 6.45) is 4.44. The SMILES string of the molecule is CCC[C@@H](C(=O)N(C)[C@H](C)C(=O)C[C@H](Cc1ccccc1)C(=O)[O-])N(C[C@@H](C)Oc1ccccc1CCC[NH3+])C(=O)OC(C)(C)C.CCC[C@@H]1NC[C@@H](C)Oc2ccccc2CCCNC(=O)[C@@H](Cc2ccccc2)NC(=O)[C@@H](C)N(C)C1=O.CCOP(=O)(OCC)On1nnc2ccccc2c1=O.Cl. The van der Waals surface area contributed by atoms with Crippen LogP contribution in [0.25, 0.3) is 10.9 Å². The molecule has 2 heterocycles. The molecule has 1 aromatic heterocycles. The van der Waals surface area contributed by atoms with Crippen molar-refractivity contribution in [1.29, 1.82) is 0 Å². The minimum Gasteiger partial charge on any atom is -0.550 e. The molecule has 6 aromatic rings. The fraction of sp³-hybridized carbons (Fsp3) is 0.506. The molecule has 576 valence electrons. The summed E-state index contributed by atoms with van der Waals surface area (Å²) >= 11 is 0. The highest BCUT2D eigenvalue weighted by Gasteiger charge is 2.39. The molecule has 7 rings (SSSR count). The summed E-state index contributed by atoms with van der Waals surface area (Å²) in [6.45, 7) is 21.6. The topological polar surface area (TPSA) is 336 Å². The Morgan fingerprint density at radius 2 is 1.43 bits per heavy atom. The summed E-state index contributed by atoms with van der Waals surface area (Å²) in [4.78, 5) is 110. The molecule has 8 atom stereocenters. The second-order valence-electron chi connectivity index (χ2n) is 26.6. The monoisotopic (exact) mass is 1500 g/mol. The molecule has 28 heteroatoms. The molecule has 0 aliphatic carbocycles. The normalized spacial score (nSPS) is 17.2. The van der Waals surface area contributed by atoms with Crippen molar-refractivity contribution in [1.82, 2.24) is 45.8 Å². The number of Topliss-reactive ketones (excluding diaryl/α,β-unsaturated/α-hetero) is 1. The van der Waals surface area contributed by atoms with Crippen molar-refractivity contribution in [3.05, 3.63) is 166 Å². The lowest BCUT2D eigenvalue weighted by Gasteiger charge is -2.37. The van der Waals surface area contributed by atoms with Gasteiger partial charge in [0.25, 0.3) is 0 Å². The maximum atomic E-state index is 14.1. The number of rotatable bonds is 28. The third kappa shape index (κ3) is 28.9. The number of ether oxygens (including phenoxy) is 3. The first-order chi connectivity index (χ1) is 49.6. The average Bonchev–Trinajstić information content (AvgIpc) is 0.807. The van der Waals surface area contributed by atoms with Crippen molar-refractivity contribution >= 4 is 72.6 Å². The second-order valence-corrected chi connectivity index (χ2v) is 28.2. The van der Waals surface area contributed by atoms with Crippen LogP contribution in [0.5, 0.6) is 11.5 Å². The predicted molar refractivity (Wildman–Crippen MR) is 402 cm³/mol. The summed E-state index contributed by atoms with van der Waals surface area (Å²) in [5.74, 6) is -2.45. The number of ketones is 1. The van der Waals surface area contributed by atoms with E-state index in [1.54, 1.807) is 104 Å². The molecule has 0 spiro atoms. The van der Waals surface area contributed by atoms with E-state index < -0.39 is 85.0 Å². The summed E-state index contributed by atoms with van der Waals surface area (Å²) in [6, 6.07) is 37.1. The standard InChI is InChI=1S/C36H53N3O7.C30H42N4O4.C11H14N3O5P.ClH/c1-8-15-30(33(41)38(7)26(3)31(40)23-29(34(42)43)22-27-16-10-9-11-17-27)39(35(44)46-36(4,5)6)24-25(2)45-32-20-13-12-18-28(32)19-14-21-37;1-5-12-25-30(37)34(4)22(3)28(35)33-26(19-23-13-7-6-8-14-23)29(36)31-18-11-16-24-15-9-10-17-27(24)38-21(2)20-32-25;1-3-17-20(16,18-4-2)19-14-11(15)9-7-5-6-8-10(9)12-13-14;/h9-13,16-18,20,25-26,29-30H,8,14-15,19,21-24,37H2,1-7H3,(H,42,43);6-10,13-15,17,21-22,25-26,32H,5,11-12,16,18-20H2,1-4H3,(H,31,36)(H,33,35);5-8H,3-4H2,1-2H3;1H/t25-,26-,29+,30+;21-,22-,25+,26-;;/m11../s1. The van der Waals surface area contributed by atoms with E-state index in [1.807, 2.05) is 113 Å². The number of fused-ring (bicyclic) bond motifs is 2. The molecule has 0 bridgehead atoms. The number of likely N-dealkylation sites (N-methyl/N-ethyl adjacent to an activating group) is 2. The summed E-state index contributed by atoms with van der Waals surface area (Å²) in [5, 5.41) is 28.8. The maximum Gasteiger partial charge on any atom is 0.550 e. The van der Waals surface area contributed by atoms with Crippen LogP contribution in [0.1, 0.15) is 143 Å². The Balaban J connectivity index is 0.000000354. The van der Waals surface area contributed by atoms with E-state index in [-0.39, 0.29) is 68.8 Å². The molecular weight excluding hydrogens is 1390 g/mol. The van der Waals surface area contributed by atoms with Crippen molar-refractivity contribution in [2.75, 3.05) is 53.5 Å². The van der Waals surface area contributed by atoms with Gasteiger partial charge in [0.2, 0.25) is 23.6 Å². The van der Waals surface area contributed by atoms with E-state index in [1.165, 1.54) is 21.7 Å². The Morgan fingerprint density at radius 3 is 2.06 bits per heavy atom. The fourth-order valence-corrected chi connectivity index (χ4v) is 12.4. The largest absolute Gasteiger partial charge is 0.550 e. The maximum absolute atomic E-state index is 14.1. The van der Waals surface area contributed by atoms with Gasteiger partial charge in [-0.15, -0.1) is 17.5 Å². The number of carbonyl (C=O) groups is 7. The number of phosphoric acid groups is 1.